The molecule has 3 aromatic carbocycles. The Balaban J connectivity index is 0.896. The summed E-state index contributed by atoms with van der Waals surface area (Å²) in [5.41, 5.74) is -2.41. The predicted molar refractivity (Wildman–Crippen MR) is 305 cm³/mol. The van der Waals surface area contributed by atoms with Gasteiger partial charge in [-0.2, -0.15) is 0 Å². The Morgan fingerprint density at radius 2 is 1.19 bits per heavy atom. The van der Waals surface area contributed by atoms with Crippen LogP contribution in [0, 0.1) is 0 Å². The Labute approximate surface area is 536 Å². The van der Waals surface area contributed by atoms with Gasteiger partial charge in [0.05, 0.1) is 25.9 Å². The maximum atomic E-state index is 13.6. The number of phenols is 5. The second-order valence-electron chi connectivity index (χ2n) is 22.2. The third-order valence-electron chi connectivity index (χ3n) is 15.7. The lowest BCUT2D eigenvalue weighted by atomic mass is 9.97. The molecular weight excluding hydrogens is 1300 g/mol. The Hall–Kier alpha value is -9.06. The fourth-order valence-electron chi connectivity index (χ4n) is 10.8. The molecule has 96 heavy (non-hydrogen) atoms. The zero-order valence-electron chi connectivity index (χ0n) is 49.7. The van der Waals surface area contributed by atoms with Crippen molar-refractivity contribution in [1.29, 1.82) is 0 Å². The number of carbonyl (C=O) groups excluding carboxylic acids is 4. The van der Waals surface area contributed by atoms with Crippen molar-refractivity contribution in [1.82, 2.24) is 0 Å². The molecule has 4 aromatic rings. The van der Waals surface area contributed by atoms with Gasteiger partial charge < -0.3 is 147 Å². The van der Waals surface area contributed by atoms with Crippen LogP contribution in [0.15, 0.2) is 86.4 Å². The highest BCUT2D eigenvalue weighted by atomic mass is 16.8. The van der Waals surface area contributed by atoms with E-state index in [4.69, 9.17) is 65.7 Å². The van der Waals surface area contributed by atoms with Gasteiger partial charge in [0.1, 0.15) is 109 Å². The average Bonchev–Trinajstić information content (AvgIpc) is 0.530. The van der Waals surface area contributed by atoms with Gasteiger partial charge >= 0.3 is 29.3 Å². The van der Waals surface area contributed by atoms with E-state index < -0.39 is 241 Å². The number of rotatable bonds is 19. The smallest absolute Gasteiger partial charge is 0.400 e. The monoisotopic (exact) mass is 1360 g/mol. The van der Waals surface area contributed by atoms with Gasteiger partial charge in [-0.1, -0.05) is 0 Å². The summed E-state index contributed by atoms with van der Waals surface area (Å²) in [7, 11) is 0.882. The van der Waals surface area contributed by atoms with Crippen molar-refractivity contribution < 1.29 is 171 Å². The number of ether oxygens (including phenoxy) is 12. The molecule has 0 bridgehead atoms. The van der Waals surface area contributed by atoms with Crippen LogP contribution in [-0.4, -0.2) is 260 Å². The molecule has 1 aromatic heterocycles. The van der Waals surface area contributed by atoms with E-state index in [-0.39, 0.29) is 34.0 Å². The minimum absolute atomic E-state index is 0.0171. The van der Waals surface area contributed by atoms with Gasteiger partial charge in [-0.15, -0.1) is 0 Å². The zero-order valence-corrected chi connectivity index (χ0v) is 49.7. The molecule has 17 N–H and O–H groups in total. The van der Waals surface area contributed by atoms with Crippen molar-refractivity contribution in [2.45, 2.75) is 136 Å². The zero-order chi connectivity index (χ0) is 69.5. The molecule has 6 aliphatic rings. The standard InChI is InChI=1S/C60H62O36/c1-19(63)85-51-41(74)35(92-58(48(51)81)89-32-14-25-27(67)10-23(65)11-30(25)87-49(32)21-5-8-26(66)28(68)9-21)18-84-36(70)15-37(71)93-54-46(79)45(78)53(56(82)83-2)95-59(54)86-24-12-29(69)38-31(13-24)88-50(20-3-6-22(64)7-4-20)52(42(38)75)94-60-55(44(77)40(73)34(17-62)91-60)96-57-47(80)43(76)39(72)33(16-61)90-57/h3-14,33-35,39-41,43-48,51,53-55,57-62,64,66-69,72-74,76-81H,15-18H2,1-2H3/p+1/t33-,34-,35-,39-,40-,41-,43+,44+,45+,46+,47-,48-,51+,53+,54-,55-,57+,58-,59-,60+/m1/s1. The molecule has 6 heterocycles. The Bertz CT molecular complexity index is 3910. The van der Waals surface area contributed by atoms with E-state index in [1.807, 2.05) is 0 Å². The van der Waals surface area contributed by atoms with Crippen LogP contribution in [0.5, 0.6) is 46.0 Å². The van der Waals surface area contributed by atoms with E-state index >= 15 is 0 Å². The number of phenolic OH excluding ortho intramolecular Hbond substituents is 5. The van der Waals surface area contributed by atoms with Gasteiger partial charge in [0.25, 0.3) is 5.75 Å². The van der Waals surface area contributed by atoms with Crippen LogP contribution in [0.4, 0.5) is 0 Å². The largest absolute Gasteiger partial charge is 0.508 e. The van der Waals surface area contributed by atoms with Crippen molar-refractivity contribution in [3.05, 3.63) is 88.4 Å². The normalized spacial score (nSPS) is 30.6. The highest BCUT2D eigenvalue weighted by molar-refractivity contribution is 5.91. The summed E-state index contributed by atoms with van der Waals surface area (Å²) in [4.78, 5) is 76.6. The summed E-state index contributed by atoms with van der Waals surface area (Å²) in [6, 6.07) is 12.8. The number of aliphatic hydroxyl groups excluding tert-OH is 11. The number of carbonyl (C=O) groups is 4. The summed E-state index contributed by atoms with van der Waals surface area (Å²) in [6.45, 7) is -1.99. The summed E-state index contributed by atoms with van der Waals surface area (Å²) in [5.74, 6) is -11.2. The van der Waals surface area contributed by atoms with Crippen LogP contribution < -0.4 is 25.1 Å². The van der Waals surface area contributed by atoms with E-state index in [1.54, 1.807) is 0 Å². The fourth-order valence-corrected chi connectivity index (χ4v) is 10.8. The highest BCUT2D eigenvalue weighted by Gasteiger charge is 2.55. The molecular formula is C60H63O36+. The van der Waals surface area contributed by atoms with E-state index in [2.05, 4.69) is 0 Å². The first kappa shape index (κ1) is 69.8. The molecule has 20 atom stereocenters. The molecule has 0 amide bonds. The van der Waals surface area contributed by atoms with Crippen LogP contribution in [0.1, 0.15) is 13.3 Å². The Kier molecular flexibility index (Phi) is 20.9. The van der Waals surface area contributed by atoms with E-state index in [9.17, 15) is 110 Å². The number of methoxy groups -OCH3 is 1. The van der Waals surface area contributed by atoms with Gasteiger partial charge in [-0.05, 0) is 48.5 Å². The number of hydrogen-bond donors (Lipinski definition) is 16. The summed E-state index contributed by atoms with van der Waals surface area (Å²) in [5, 5.41) is 171. The molecule has 1 aliphatic carbocycles. The van der Waals surface area contributed by atoms with Gasteiger partial charge in [-0.25, -0.2) is 4.79 Å². The van der Waals surface area contributed by atoms with Crippen LogP contribution in [0.2, 0.25) is 0 Å². The maximum Gasteiger partial charge on any atom is 0.400 e. The first-order valence-electron chi connectivity index (χ1n) is 28.8. The van der Waals surface area contributed by atoms with Gasteiger partial charge in [0.15, 0.2) is 82.0 Å². The minimum atomic E-state index is -2.34. The van der Waals surface area contributed by atoms with E-state index in [0.29, 0.717) is 0 Å². The third kappa shape index (κ3) is 14.2. The van der Waals surface area contributed by atoms with Crippen molar-refractivity contribution in [3.63, 3.8) is 0 Å². The molecule has 518 valence electrons. The van der Waals surface area contributed by atoms with Crippen LogP contribution in [-0.2, 0) is 61.8 Å². The second kappa shape index (κ2) is 28.7. The summed E-state index contributed by atoms with van der Waals surface area (Å²) in [6.07, 6.45) is -41.7. The molecule has 0 spiro atoms. The SMILES string of the molecule is COC(=O)[C@H]1O[C@@H](Oc2cc(O)c3c(=[OH+])c(O[C@@H]4O[C@H](CO)[C@@H](O)[C@H](O)[C@H]4O[C@@H]4O[C@H](CO)[C@@H](O)[C@H](O)[C@H]4O)c(-c4ccc(O)cc4)oc3c2)[C@H](OC(=O)CC(=O)OC[C@H]2O[C@@H](Oc3cc4c(O)cc(=O)cc-4oc3-c3ccc(O)c(O)c3)[C@H](O)[C@@H](OC(C)=O)[C@@H]2O)[C@@H](O)[C@@H]1O. The summed E-state index contributed by atoms with van der Waals surface area (Å²) < 4.78 is 79.0. The first-order valence-corrected chi connectivity index (χ1v) is 28.8. The Morgan fingerprint density at radius 1 is 0.542 bits per heavy atom. The molecule has 4 fully saturated rings. The predicted octanol–water partition coefficient (Wildman–Crippen LogP) is -4.34. The molecule has 36 nitrogen and oxygen atoms in total. The quantitative estimate of drug-likeness (QED) is 0.0120. The lowest BCUT2D eigenvalue weighted by Gasteiger charge is -2.45. The third-order valence-corrected chi connectivity index (χ3v) is 15.7. The van der Waals surface area contributed by atoms with Crippen molar-refractivity contribution in [2.75, 3.05) is 26.9 Å². The minimum Gasteiger partial charge on any atom is -0.508 e. The van der Waals surface area contributed by atoms with E-state index in [1.165, 1.54) is 18.2 Å². The van der Waals surface area contributed by atoms with Crippen LogP contribution >= 0.6 is 0 Å². The molecule has 5 aliphatic heterocycles. The molecule has 36 heteroatoms. The second-order valence-corrected chi connectivity index (χ2v) is 22.2. The van der Waals surface area contributed by atoms with Crippen molar-refractivity contribution in [2.24, 2.45) is 0 Å². The molecule has 4 saturated heterocycles. The lowest BCUT2D eigenvalue weighted by Crippen LogP contribution is -2.65. The fraction of sp³-hybridized carbons (Fsp3) is 0.433. The number of esters is 4. The number of hydrogen-bond acceptors (Lipinski definition) is 35. The average molecular weight is 1360 g/mol. The van der Waals surface area contributed by atoms with Crippen LogP contribution in [0.3, 0.4) is 0 Å². The molecule has 0 saturated carbocycles. The van der Waals surface area contributed by atoms with Gasteiger partial charge in [0, 0.05) is 42.3 Å². The Morgan fingerprint density at radius 3 is 1.85 bits per heavy atom. The number of aliphatic hydroxyl groups is 11. The maximum absolute atomic E-state index is 13.6. The molecule has 0 radical (unpaired) electrons. The van der Waals surface area contributed by atoms with Gasteiger partial charge in [0.2, 0.25) is 18.9 Å². The summed E-state index contributed by atoms with van der Waals surface area (Å²) >= 11 is 0. The molecule has 0 unspecified atom stereocenters. The number of fused-ring (bicyclic) bond motifs is 2. The highest BCUT2D eigenvalue weighted by Crippen LogP contribution is 2.45. The van der Waals surface area contributed by atoms with Crippen molar-refractivity contribution in [3.8, 4) is 80.0 Å². The lowest BCUT2D eigenvalue weighted by molar-refractivity contribution is -0.358. The van der Waals surface area contributed by atoms with Crippen LogP contribution in [0.25, 0.3) is 44.9 Å². The van der Waals surface area contributed by atoms with Crippen molar-refractivity contribution >= 4 is 34.8 Å². The van der Waals surface area contributed by atoms with Gasteiger partial charge in [-0.3, -0.25) is 24.0 Å². The van der Waals surface area contributed by atoms with E-state index in [0.717, 1.165) is 68.6 Å². The number of aromatic hydroxyl groups is 5. The first-order chi connectivity index (χ1) is 45.6. The topological polar surface area (TPSA) is 567 Å². The number of benzene rings is 4. The molecule has 10 rings (SSSR count).